The third-order valence-electron chi connectivity index (χ3n) is 8.60. The highest BCUT2D eigenvalue weighted by atomic mass is 16.3. The Morgan fingerprint density at radius 3 is 2.77 bits per heavy atom. The Bertz CT molecular complexity index is 851. The third-order valence-corrected chi connectivity index (χ3v) is 8.60. The molecule has 30 heavy (non-hydrogen) atoms. The van der Waals surface area contributed by atoms with E-state index in [9.17, 15) is 15.0 Å². The SMILES string of the molecule is CC(C)C(=O)NC1CC2(O)C3Cc4ccc(O)cc4C2(CCN3CC2CC2)CC1C. The fourth-order valence-corrected chi connectivity index (χ4v) is 6.73. The van der Waals surface area contributed by atoms with Gasteiger partial charge in [0, 0.05) is 30.0 Å². The molecule has 5 heteroatoms. The van der Waals surface area contributed by atoms with E-state index >= 15 is 0 Å². The van der Waals surface area contributed by atoms with Crippen LogP contribution < -0.4 is 5.32 Å². The number of hydrogen-bond acceptors (Lipinski definition) is 4. The van der Waals surface area contributed by atoms with E-state index in [2.05, 4.69) is 23.2 Å². The van der Waals surface area contributed by atoms with Gasteiger partial charge in [0.2, 0.25) is 5.91 Å². The fourth-order valence-electron chi connectivity index (χ4n) is 6.73. The van der Waals surface area contributed by atoms with Crippen molar-refractivity contribution in [1.29, 1.82) is 0 Å². The summed E-state index contributed by atoms with van der Waals surface area (Å²) < 4.78 is 0. The van der Waals surface area contributed by atoms with Gasteiger partial charge in [0.05, 0.1) is 5.60 Å². The molecule has 3 fully saturated rings. The molecule has 0 aromatic heterocycles. The maximum atomic E-state index is 12.5. The summed E-state index contributed by atoms with van der Waals surface area (Å²) in [6, 6.07) is 5.83. The Morgan fingerprint density at radius 1 is 1.30 bits per heavy atom. The molecule has 0 spiro atoms. The Kier molecular flexibility index (Phi) is 4.71. The molecule has 4 aliphatic rings. The lowest BCUT2D eigenvalue weighted by Gasteiger charge is -2.66. The number of aromatic hydroxyl groups is 1. The molecule has 1 aromatic carbocycles. The Morgan fingerprint density at radius 2 is 2.07 bits per heavy atom. The minimum Gasteiger partial charge on any atom is -0.508 e. The molecule has 1 aliphatic heterocycles. The maximum Gasteiger partial charge on any atom is 0.222 e. The predicted molar refractivity (Wildman–Crippen MR) is 116 cm³/mol. The van der Waals surface area contributed by atoms with E-state index in [0.29, 0.717) is 6.42 Å². The van der Waals surface area contributed by atoms with Gasteiger partial charge >= 0.3 is 0 Å². The van der Waals surface area contributed by atoms with Crippen molar-refractivity contribution in [2.24, 2.45) is 17.8 Å². The smallest absolute Gasteiger partial charge is 0.222 e. The molecule has 5 atom stereocenters. The number of fused-ring (bicyclic) bond motifs is 1. The van der Waals surface area contributed by atoms with Gasteiger partial charge in [0.1, 0.15) is 5.75 Å². The second-order valence-corrected chi connectivity index (χ2v) is 10.9. The van der Waals surface area contributed by atoms with Crippen molar-refractivity contribution in [3.05, 3.63) is 29.3 Å². The normalized spacial score (nSPS) is 38.1. The first-order chi connectivity index (χ1) is 14.2. The molecule has 3 aliphatic carbocycles. The number of piperidine rings is 1. The second-order valence-electron chi connectivity index (χ2n) is 10.9. The minimum atomic E-state index is -0.887. The first kappa shape index (κ1) is 20.3. The van der Waals surface area contributed by atoms with Crippen molar-refractivity contribution in [3.63, 3.8) is 0 Å². The number of phenolic OH excluding ortho intramolecular Hbond substituents is 1. The van der Waals surface area contributed by atoms with Crippen molar-refractivity contribution < 1.29 is 15.0 Å². The van der Waals surface area contributed by atoms with E-state index in [4.69, 9.17) is 0 Å². The molecule has 0 radical (unpaired) electrons. The third kappa shape index (κ3) is 3.00. The highest BCUT2D eigenvalue weighted by Crippen LogP contribution is 2.59. The number of aliphatic hydroxyl groups is 1. The van der Waals surface area contributed by atoms with Gasteiger partial charge in [-0.3, -0.25) is 9.69 Å². The summed E-state index contributed by atoms with van der Waals surface area (Å²) in [5.41, 5.74) is 1.19. The Balaban J connectivity index is 1.56. The second kappa shape index (κ2) is 6.96. The average molecular weight is 413 g/mol. The summed E-state index contributed by atoms with van der Waals surface area (Å²) in [5.74, 6) is 1.35. The van der Waals surface area contributed by atoms with E-state index in [1.165, 1.54) is 18.4 Å². The molecule has 2 bridgehead atoms. The fraction of sp³-hybridized carbons (Fsp3) is 0.720. The lowest BCUT2D eigenvalue weighted by atomic mass is 9.47. The van der Waals surface area contributed by atoms with Crippen molar-refractivity contribution in [2.45, 2.75) is 82.4 Å². The highest BCUT2D eigenvalue weighted by molar-refractivity contribution is 5.78. The molecule has 1 saturated heterocycles. The van der Waals surface area contributed by atoms with Crippen LogP contribution in [0.3, 0.4) is 0 Å². The molecule has 164 valence electrons. The van der Waals surface area contributed by atoms with Gasteiger partial charge in [0.15, 0.2) is 0 Å². The molecule has 1 amide bonds. The molecule has 5 nitrogen and oxygen atoms in total. The van der Waals surface area contributed by atoms with Crippen molar-refractivity contribution in [2.75, 3.05) is 13.1 Å². The Hall–Kier alpha value is -1.59. The highest BCUT2D eigenvalue weighted by Gasteiger charge is 2.66. The molecule has 5 rings (SSSR count). The lowest BCUT2D eigenvalue weighted by molar-refractivity contribution is -0.181. The van der Waals surface area contributed by atoms with Crippen LogP contribution in [0.15, 0.2) is 18.2 Å². The van der Waals surface area contributed by atoms with E-state index < -0.39 is 5.60 Å². The summed E-state index contributed by atoms with van der Waals surface area (Å²) in [5, 5.41) is 26.0. The van der Waals surface area contributed by atoms with Gasteiger partial charge in [0.25, 0.3) is 0 Å². The van der Waals surface area contributed by atoms with Crippen molar-refractivity contribution >= 4 is 5.91 Å². The van der Waals surface area contributed by atoms with Gasteiger partial charge in [-0.1, -0.05) is 26.8 Å². The number of phenols is 1. The zero-order valence-electron chi connectivity index (χ0n) is 18.5. The summed E-state index contributed by atoms with van der Waals surface area (Å²) in [4.78, 5) is 15.0. The molecular formula is C25H36N2O3. The van der Waals surface area contributed by atoms with Gasteiger partial charge in [-0.15, -0.1) is 0 Å². The van der Waals surface area contributed by atoms with E-state index in [0.717, 1.165) is 43.8 Å². The van der Waals surface area contributed by atoms with Crippen LogP contribution in [0.1, 0.15) is 64.0 Å². The van der Waals surface area contributed by atoms with E-state index in [1.54, 1.807) is 6.07 Å². The first-order valence-electron chi connectivity index (χ1n) is 11.8. The van der Waals surface area contributed by atoms with Gasteiger partial charge in [-0.2, -0.15) is 0 Å². The molecule has 3 N–H and O–H groups in total. The number of hydrogen-bond donors (Lipinski definition) is 3. The molecular weight excluding hydrogens is 376 g/mol. The Labute approximate surface area is 179 Å². The molecule has 1 aromatic rings. The van der Waals surface area contributed by atoms with Crippen molar-refractivity contribution in [3.8, 4) is 5.75 Å². The molecule has 1 heterocycles. The van der Waals surface area contributed by atoms with Crippen LogP contribution in [0.4, 0.5) is 0 Å². The topological polar surface area (TPSA) is 72.8 Å². The molecule has 5 unspecified atom stereocenters. The average Bonchev–Trinajstić information content (AvgIpc) is 3.50. The molecule has 2 saturated carbocycles. The van der Waals surface area contributed by atoms with Crippen LogP contribution in [-0.2, 0) is 16.6 Å². The van der Waals surface area contributed by atoms with Crippen LogP contribution in [0.2, 0.25) is 0 Å². The number of carbonyl (C=O) groups excluding carboxylic acids is 1. The van der Waals surface area contributed by atoms with E-state index in [-0.39, 0.29) is 41.0 Å². The predicted octanol–water partition coefficient (Wildman–Crippen LogP) is 2.97. The first-order valence-corrected chi connectivity index (χ1v) is 11.8. The van der Waals surface area contributed by atoms with Gasteiger partial charge < -0.3 is 15.5 Å². The number of amides is 1. The summed E-state index contributed by atoms with van der Waals surface area (Å²) in [6.07, 6.45) is 5.78. The van der Waals surface area contributed by atoms with Crippen LogP contribution in [0, 0.1) is 17.8 Å². The van der Waals surface area contributed by atoms with Gasteiger partial charge in [-0.05, 0) is 80.2 Å². The number of likely N-dealkylation sites (tertiary alicyclic amines) is 1. The number of rotatable bonds is 4. The van der Waals surface area contributed by atoms with Crippen molar-refractivity contribution in [1.82, 2.24) is 10.2 Å². The zero-order chi connectivity index (χ0) is 21.3. The summed E-state index contributed by atoms with van der Waals surface area (Å²) >= 11 is 0. The van der Waals surface area contributed by atoms with Crippen LogP contribution in [0.25, 0.3) is 0 Å². The number of benzene rings is 1. The largest absolute Gasteiger partial charge is 0.508 e. The maximum absolute atomic E-state index is 12.5. The minimum absolute atomic E-state index is 0.0136. The van der Waals surface area contributed by atoms with Gasteiger partial charge in [-0.25, -0.2) is 0 Å². The van der Waals surface area contributed by atoms with Crippen LogP contribution >= 0.6 is 0 Å². The summed E-state index contributed by atoms with van der Waals surface area (Å²) in [6.45, 7) is 8.14. The zero-order valence-corrected chi connectivity index (χ0v) is 18.5. The quantitative estimate of drug-likeness (QED) is 0.711. The lowest BCUT2D eigenvalue weighted by Crippen LogP contribution is -2.75. The summed E-state index contributed by atoms with van der Waals surface area (Å²) in [7, 11) is 0. The van der Waals surface area contributed by atoms with Crippen LogP contribution in [-0.4, -0.2) is 51.8 Å². The number of nitrogens with one attached hydrogen (secondary N) is 1. The number of carbonyl (C=O) groups is 1. The van der Waals surface area contributed by atoms with Crippen LogP contribution in [0.5, 0.6) is 5.75 Å². The monoisotopic (exact) mass is 412 g/mol. The number of nitrogens with zero attached hydrogens (tertiary/aromatic N) is 1. The van der Waals surface area contributed by atoms with E-state index in [1.807, 2.05) is 19.9 Å². The standard InChI is InChI=1S/C25H36N2O3/c1-15(2)23(29)26-21-13-25(30)22-10-18-6-7-19(28)11-20(18)24(25,12-16(21)3)8-9-27(22)14-17-4-5-17/h6-7,11,15-17,21-22,28,30H,4-5,8-10,12-14H2,1-3H3,(H,26,29).